The van der Waals surface area contributed by atoms with Gasteiger partial charge in [0.15, 0.2) is 0 Å². The number of nitrogens with one attached hydrogen (secondary N) is 2. The predicted octanol–water partition coefficient (Wildman–Crippen LogP) is 6.22. The van der Waals surface area contributed by atoms with Crippen LogP contribution in [0.4, 0.5) is 26.3 Å². The van der Waals surface area contributed by atoms with Gasteiger partial charge in [0.2, 0.25) is 5.91 Å². The summed E-state index contributed by atoms with van der Waals surface area (Å²) in [4.78, 5) is 18.2. The maximum absolute atomic E-state index is 15.1. The third kappa shape index (κ3) is 4.98. The summed E-state index contributed by atoms with van der Waals surface area (Å²) in [5, 5.41) is 22.7. The Morgan fingerprint density at radius 1 is 1.13 bits per heavy atom. The van der Waals surface area contributed by atoms with Crippen molar-refractivity contribution in [3.8, 4) is 17.2 Å². The Bertz CT molecular complexity index is 2010. The molecule has 1 amide bonds. The summed E-state index contributed by atoms with van der Waals surface area (Å²) in [5.41, 5.74) is 0.929. The Hall–Kier alpha value is -5.19. The van der Waals surface area contributed by atoms with Crippen LogP contribution >= 0.6 is 0 Å². The molecule has 1 fully saturated rings. The highest BCUT2D eigenvalue weighted by atomic mass is 19.3. The molecule has 0 bridgehead atoms. The number of nitrogens with zero attached hydrogens (tertiary/aromatic N) is 5. The lowest BCUT2D eigenvalue weighted by Gasteiger charge is -2.23. The normalized spacial score (nSPS) is 18.4. The quantitative estimate of drug-likeness (QED) is 0.200. The molecule has 2 aliphatic rings. The van der Waals surface area contributed by atoms with E-state index in [-0.39, 0.29) is 29.7 Å². The van der Waals surface area contributed by atoms with E-state index in [0.717, 1.165) is 12.1 Å². The molecule has 3 aromatic heterocycles. The summed E-state index contributed by atoms with van der Waals surface area (Å²) in [7, 11) is 0. The van der Waals surface area contributed by atoms with Gasteiger partial charge in [-0.05, 0) is 60.2 Å². The summed E-state index contributed by atoms with van der Waals surface area (Å²) >= 11 is 0. The van der Waals surface area contributed by atoms with Gasteiger partial charge in [-0.15, -0.1) is 0 Å². The van der Waals surface area contributed by atoms with Gasteiger partial charge in [-0.1, -0.05) is 12.1 Å². The fourth-order valence-corrected chi connectivity index (χ4v) is 6.28. The van der Waals surface area contributed by atoms with Gasteiger partial charge in [-0.2, -0.15) is 24.2 Å². The first kappa shape index (κ1) is 28.6. The van der Waals surface area contributed by atoms with Gasteiger partial charge in [-0.25, -0.2) is 22.5 Å². The summed E-state index contributed by atoms with van der Waals surface area (Å²) in [6, 6.07) is 12.0. The lowest BCUT2D eigenvalue weighted by atomic mass is 9.94. The molecule has 2 aromatic carbocycles. The number of pyridine rings is 1. The summed E-state index contributed by atoms with van der Waals surface area (Å²) in [6.07, 6.45) is -1.79. The summed E-state index contributed by atoms with van der Waals surface area (Å²) < 4.78 is 86.9. The molecular formula is C31H21F6N7O. The molecule has 228 valence electrons. The second kappa shape index (κ2) is 10.5. The Balaban J connectivity index is 1.30. The van der Waals surface area contributed by atoms with Crippen LogP contribution in [0.5, 0.6) is 0 Å². The highest BCUT2D eigenvalue weighted by molar-refractivity contribution is 5.83. The molecule has 8 nitrogen and oxygen atoms in total. The van der Waals surface area contributed by atoms with Crippen molar-refractivity contribution in [3.05, 3.63) is 100 Å². The molecule has 0 aliphatic heterocycles. The summed E-state index contributed by atoms with van der Waals surface area (Å²) in [5.74, 6) is -7.85. The number of fused-ring (bicyclic) bond motifs is 4. The van der Waals surface area contributed by atoms with Gasteiger partial charge in [0, 0.05) is 23.1 Å². The van der Waals surface area contributed by atoms with Gasteiger partial charge in [-0.3, -0.25) is 14.6 Å². The standard InChI is InChI=1S/C31H21F6N7O/c32-17-5-15(6-18(33)8-17)7-23(27-19(10-22-24(41-27)12-39-42-22)16-3-1-2-14(4-16)11-38)40-25(45)13-44-29-26(28(43-44)30(34)35)20-9-21(20)31(29,36)37/h1-6,8,10,12,20-21,23,30H,7,9,13H2,(H,39,42)(H,40,45)/t20-,21?,23?/m0/s1. The van der Waals surface area contributed by atoms with Crippen molar-refractivity contribution in [2.24, 2.45) is 5.92 Å². The van der Waals surface area contributed by atoms with Gasteiger partial charge < -0.3 is 5.32 Å². The number of carbonyl (C=O) groups excluding carboxylic acids is 1. The van der Waals surface area contributed by atoms with Crippen LogP contribution in [0.3, 0.4) is 0 Å². The van der Waals surface area contributed by atoms with Crippen LogP contribution in [-0.2, 0) is 23.7 Å². The van der Waals surface area contributed by atoms with Crippen LogP contribution in [0.1, 0.15) is 58.6 Å². The SMILES string of the molecule is N#Cc1cccc(-c2cc3[nH]ncc3nc2C(Cc2cc(F)cc(F)c2)NC(=O)Cn2nc(C(F)F)c3c2C(F)(F)C2C[C@H]32)c1. The number of carbonyl (C=O) groups is 1. The Labute approximate surface area is 250 Å². The molecule has 0 spiro atoms. The molecule has 3 heterocycles. The average molecular weight is 622 g/mol. The maximum Gasteiger partial charge on any atom is 0.293 e. The highest BCUT2D eigenvalue weighted by Gasteiger charge is 2.67. The first-order chi connectivity index (χ1) is 21.5. The van der Waals surface area contributed by atoms with Crippen molar-refractivity contribution < 1.29 is 31.1 Å². The minimum Gasteiger partial charge on any atom is -0.346 e. The Morgan fingerprint density at radius 2 is 1.91 bits per heavy atom. The molecule has 7 rings (SSSR count). The lowest BCUT2D eigenvalue weighted by molar-refractivity contribution is -0.123. The van der Waals surface area contributed by atoms with E-state index < -0.39 is 65.7 Å². The van der Waals surface area contributed by atoms with Gasteiger partial charge in [0.1, 0.15) is 35.1 Å². The van der Waals surface area contributed by atoms with E-state index in [2.05, 4.69) is 31.7 Å². The van der Waals surface area contributed by atoms with Gasteiger partial charge >= 0.3 is 0 Å². The van der Waals surface area contributed by atoms with E-state index in [1.54, 1.807) is 30.3 Å². The van der Waals surface area contributed by atoms with Crippen LogP contribution < -0.4 is 5.32 Å². The Morgan fingerprint density at radius 3 is 2.64 bits per heavy atom. The second-order valence-corrected chi connectivity index (χ2v) is 11.2. The van der Waals surface area contributed by atoms with Crippen molar-refractivity contribution in [2.45, 2.75) is 43.7 Å². The average Bonchev–Trinajstić information content (AvgIpc) is 3.40. The molecule has 14 heteroatoms. The van der Waals surface area contributed by atoms with E-state index in [9.17, 15) is 27.6 Å². The number of aromatic amines is 1. The molecule has 0 saturated heterocycles. The van der Waals surface area contributed by atoms with Crippen molar-refractivity contribution in [2.75, 3.05) is 0 Å². The number of hydrogen-bond acceptors (Lipinski definition) is 5. The van der Waals surface area contributed by atoms with Crippen molar-refractivity contribution in [3.63, 3.8) is 0 Å². The Kier molecular flexibility index (Phi) is 6.65. The number of nitriles is 1. The molecule has 45 heavy (non-hydrogen) atoms. The minimum absolute atomic E-state index is 0.0712. The van der Waals surface area contributed by atoms with Crippen LogP contribution in [0.25, 0.3) is 22.2 Å². The van der Waals surface area contributed by atoms with Crippen LogP contribution in [0.2, 0.25) is 0 Å². The lowest BCUT2D eigenvalue weighted by Crippen LogP contribution is -2.35. The van der Waals surface area contributed by atoms with E-state index in [0.29, 0.717) is 38.5 Å². The largest absolute Gasteiger partial charge is 0.346 e. The maximum atomic E-state index is 15.1. The van der Waals surface area contributed by atoms with Crippen molar-refractivity contribution in [1.29, 1.82) is 5.26 Å². The van der Waals surface area contributed by atoms with E-state index in [1.165, 1.54) is 6.20 Å². The van der Waals surface area contributed by atoms with Crippen LogP contribution in [-0.4, -0.2) is 30.9 Å². The number of aromatic nitrogens is 5. The number of amides is 1. The zero-order valence-corrected chi connectivity index (χ0v) is 23.0. The molecule has 3 atom stereocenters. The number of H-pyrrole nitrogens is 1. The fraction of sp³-hybridized carbons (Fsp3) is 0.258. The molecular weight excluding hydrogens is 600 g/mol. The third-order valence-electron chi connectivity index (χ3n) is 8.24. The van der Waals surface area contributed by atoms with Crippen molar-refractivity contribution >= 4 is 16.9 Å². The van der Waals surface area contributed by atoms with E-state index >= 15 is 8.78 Å². The monoisotopic (exact) mass is 621 g/mol. The second-order valence-electron chi connectivity index (χ2n) is 11.2. The number of hydrogen-bond donors (Lipinski definition) is 2. The zero-order chi connectivity index (χ0) is 31.6. The highest BCUT2D eigenvalue weighted by Crippen LogP contribution is 2.68. The molecule has 2 N–H and O–H groups in total. The first-order valence-electron chi connectivity index (χ1n) is 13.9. The number of benzene rings is 2. The van der Waals surface area contributed by atoms with Crippen molar-refractivity contribution in [1.82, 2.24) is 30.3 Å². The van der Waals surface area contributed by atoms with E-state index in [1.807, 2.05) is 0 Å². The van der Waals surface area contributed by atoms with Crippen LogP contribution in [0, 0.1) is 28.9 Å². The van der Waals surface area contributed by atoms with E-state index in [4.69, 9.17) is 0 Å². The van der Waals surface area contributed by atoms with Gasteiger partial charge in [0.05, 0.1) is 35.1 Å². The third-order valence-corrected chi connectivity index (χ3v) is 8.24. The molecule has 5 aromatic rings. The molecule has 2 unspecified atom stereocenters. The summed E-state index contributed by atoms with van der Waals surface area (Å²) in [6.45, 7) is -0.814. The topological polar surface area (TPSA) is 112 Å². The molecule has 2 aliphatic carbocycles. The van der Waals surface area contributed by atoms with Gasteiger partial charge in [0.25, 0.3) is 12.3 Å². The number of halogens is 6. The zero-order valence-electron chi connectivity index (χ0n) is 23.0. The minimum atomic E-state index is -3.42. The molecule has 0 radical (unpaired) electrons. The fourth-order valence-electron chi connectivity index (χ4n) is 6.28. The van der Waals surface area contributed by atoms with Crippen LogP contribution in [0.15, 0.2) is 54.7 Å². The molecule has 1 saturated carbocycles. The first-order valence-corrected chi connectivity index (χ1v) is 13.9. The predicted molar refractivity (Wildman–Crippen MR) is 147 cm³/mol. The number of alkyl halides is 4. The smallest absolute Gasteiger partial charge is 0.293 e. The number of rotatable bonds is 8.